The number of halogens is 3. The smallest absolute Gasteiger partial charge is 0.361 e. The van der Waals surface area contributed by atoms with Crippen molar-refractivity contribution in [3.8, 4) is 0 Å². The molecule has 0 spiro atoms. The molecule has 3 N–H and O–H groups in total. The topological polar surface area (TPSA) is 56.9 Å². The lowest BCUT2D eigenvalue weighted by Gasteiger charge is -2.19. The van der Waals surface area contributed by atoms with Gasteiger partial charge in [-0.1, -0.05) is 54.6 Å². The van der Waals surface area contributed by atoms with Gasteiger partial charge in [-0.15, -0.1) is 0 Å². The molecule has 1 aromatic heterocycles. The number of benzene rings is 3. The molecule has 0 aliphatic rings. The van der Waals surface area contributed by atoms with Crippen LogP contribution in [0, 0.1) is 0 Å². The van der Waals surface area contributed by atoms with Crippen LogP contribution in [0.1, 0.15) is 22.7 Å². The van der Waals surface area contributed by atoms with E-state index in [-0.39, 0.29) is 5.69 Å². The summed E-state index contributed by atoms with van der Waals surface area (Å²) in [5, 5.41) is 7.00. The van der Waals surface area contributed by atoms with Gasteiger partial charge in [-0.25, -0.2) is 0 Å². The van der Waals surface area contributed by atoms with Crippen molar-refractivity contribution < 1.29 is 18.0 Å². The highest BCUT2D eigenvalue weighted by Gasteiger charge is 2.30. The summed E-state index contributed by atoms with van der Waals surface area (Å²) in [5.41, 5.74) is 2.20. The lowest BCUT2D eigenvalue weighted by atomic mass is 10.0. The van der Waals surface area contributed by atoms with Gasteiger partial charge in [0.1, 0.15) is 6.04 Å². The van der Waals surface area contributed by atoms with E-state index < -0.39 is 23.7 Å². The number of carbonyl (C=O) groups is 1. The molecule has 0 saturated carbocycles. The van der Waals surface area contributed by atoms with E-state index >= 15 is 0 Å². The molecular weight excluding hydrogens is 415 g/mol. The molecule has 0 radical (unpaired) electrons. The zero-order chi connectivity index (χ0) is 22.6. The van der Waals surface area contributed by atoms with Crippen LogP contribution in [0.2, 0.25) is 0 Å². The first-order chi connectivity index (χ1) is 15.4. The summed E-state index contributed by atoms with van der Waals surface area (Å²) in [6, 6.07) is 21.0. The van der Waals surface area contributed by atoms with Crippen LogP contribution in [0.15, 0.2) is 85.1 Å². The molecule has 0 saturated heterocycles. The lowest BCUT2D eigenvalue weighted by molar-refractivity contribution is -0.137. The van der Waals surface area contributed by atoms with Crippen LogP contribution in [0.3, 0.4) is 0 Å². The second kappa shape index (κ2) is 9.28. The van der Waals surface area contributed by atoms with Gasteiger partial charge in [-0.05, 0) is 41.8 Å². The van der Waals surface area contributed by atoms with Crippen LogP contribution < -0.4 is 10.6 Å². The molecule has 0 aliphatic carbocycles. The fourth-order valence-electron chi connectivity index (χ4n) is 3.68. The van der Waals surface area contributed by atoms with E-state index in [0.29, 0.717) is 13.0 Å². The summed E-state index contributed by atoms with van der Waals surface area (Å²) >= 11 is 0. The van der Waals surface area contributed by atoms with Crippen molar-refractivity contribution in [1.82, 2.24) is 10.3 Å². The highest BCUT2D eigenvalue weighted by molar-refractivity contribution is 5.95. The fraction of sp³-hybridized carbons (Fsp3) is 0.160. The van der Waals surface area contributed by atoms with Crippen molar-refractivity contribution in [1.29, 1.82) is 0 Å². The number of hydrogen-bond acceptors (Lipinski definition) is 2. The zero-order valence-corrected chi connectivity index (χ0v) is 17.1. The molecule has 3 aromatic carbocycles. The minimum Gasteiger partial charge on any atom is -0.361 e. The van der Waals surface area contributed by atoms with Crippen molar-refractivity contribution in [2.75, 3.05) is 11.9 Å². The van der Waals surface area contributed by atoms with E-state index in [0.717, 1.165) is 34.2 Å². The molecule has 7 heteroatoms. The van der Waals surface area contributed by atoms with Gasteiger partial charge in [0.15, 0.2) is 0 Å². The minimum atomic E-state index is -4.48. The summed E-state index contributed by atoms with van der Waals surface area (Å²) in [6.45, 7) is 0.511. The van der Waals surface area contributed by atoms with Gasteiger partial charge < -0.3 is 15.6 Å². The van der Waals surface area contributed by atoms with Gasteiger partial charge in [-0.2, -0.15) is 13.2 Å². The Bertz CT molecular complexity index is 1200. The molecule has 1 amide bonds. The zero-order valence-electron chi connectivity index (χ0n) is 17.1. The summed E-state index contributed by atoms with van der Waals surface area (Å²) in [7, 11) is 0. The monoisotopic (exact) mass is 437 g/mol. The molecular formula is C25H22F3N3O. The SMILES string of the molecule is O=C(Nc1cccc(C(F)(F)F)c1)C(NCCc1c[nH]c2ccccc12)c1ccccc1. The molecule has 4 aromatic rings. The summed E-state index contributed by atoms with van der Waals surface area (Å²) in [6.07, 6.45) is -1.84. The van der Waals surface area contributed by atoms with Gasteiger partial charge >= 0.3 is 6.18 Å². The Labute approximate surface area is 183 Å². The quantitative estimate of drug-likeness (QED) is 0.347. The fourth-order valence-corrected chi connectivity index (χ4v) is 3.68. The average molecular weight is 437 g/mol. The van der Waals surface area contributed by atoms with Crippen molar-refractivity contribution in [3.05, 3.63) is 102 Å². The molecule has 4 nitrogen and oxygen atoms in total. The number of amides is 1. The number of rotatable bonds is 7. The largest absolute Gasteiger partial charge is 0.416 e. The van der Waals surface area contributed by atoms with E-state index in [2.05, 4.69) is 15.6 Å². The number of H-pyrrole nitrogens is 1. The maximum atomic E-state index is 13.0. The van der Waals surface area contributed by atoms with Gasteiger partial charge in [0.2, 0.25) is 5.91 Å². The summed E-state index contributed by atoms with van der Waals surface area (Å²) in [4.78, 5) is 16.2. The van der Waals surface area contributed by atoms with Crippen LogP contribution in [0.4, 0.5) is 18.9 Å². The van der Waals surface area contributed by atoms with Crippen molar-refractivity contribution in [2.45, 2.75) is 18.6 Å². The highest BCUT2D eigenvalue weighted by Crippen LogP contribution is 2.31. The van der Waals surface area contributed by atoms with E-state index in [1.54, 1.807) is 0 Å². The molecule has 0 aliphatic heterocycles. The number of aromatic nitrogens is 1. The van der Waals surface area contributed by atoms with Crippen molar-refractivity contribution in [3.63, 3.8) is 0 Å². The molecule has 0 fully saturated rings. The van der Waals surface area contributed by atoms with Gasteiger partial charge in [-0.3, -0.25) is 4.79 Å². The minimum absolute atomic E-state index is 0.101. The highest BCUT2D eigenvalue weighted by atomic mass is 19.4. The van der Waals surface area contributed by atoms with E-state index in [9.17, 15) is 18.0 Å². The average Bonchev–Trinajstić information content (AvgIpc) is 3.20. The first-order valence-electron chi connectivity index (χ1n) is 10.2. The van der Waals surface area contributed by atoms with E-state index in [1.807, 2.05) is 60.8 Å². The van der Waals surface area contributed by atoms with Crippen LogP contribution in [0.5, 0.6) is 0 Å². The number of fused-ring (bicyclic) bond motifs is 1. The normalized spacial score (nSPS) is 12.6. The number of nitrogens with one attached hydrogen (secondary N) is 3. The van der Waals surface area contributed by atoms with E-state index in [1.165, 1.54) is 12.1 Å². The molecule has 164 valence electrons. The Kier molecular flexibility index (Phi) is 6.28. The number of para-hydroxylation sites is 1. The Balaban J connectivity index is 1.49. The molecule has 4 rings (SSSR count). The van der Waals surface area contributed by atoms with Crippen LogP contribution >= 0.6 is 0 Å². The lowest BCUT2D eigenvalue weighted by Crippen LogP contribution is -2.34. The maximum absolute atomic E-state index is 13.0. The first-order valence-corrected chi connectivity index (χ1v) is 10.2. The summed E-state index contributed by atoms with van der Waals surface area (Å²) < 4.78 is 39.0. The maximum Gasteiger partial charge on any atom is 0.416 e. The summed E-state index contributed by atoms with van der Waals surface area (Å²) in [5.74, 6) is -0.422. The first kappa shape index (κ1) is 21.6. The molecule has 1 atom stereocenters. The van der Waals surface area contributed by atoms with Crippen LogP contribution in [-0.2, 0) is 17.4 Å². The standard InChI is InChI=1S/C25H22F3N3O/c26-25(27,28)19-9-6-10-20(15-19)31-24(32)23(17-7-2-1-3-8-17)29-14-13-18-16-30-22-12-5-4-11-21(18)22/h1-12,15-16,23,29-30H,13-14H2,(H,31,32). The van der Waals surface area contributed by atoms with Gasteiger partial charge in [0, 0.05) is 29.3 Å². The van der Waals surface area contributed by atoms with Gasteiger partial charge in [0.25, 0.3) is 0 Å². The molecule has 1 unspecified atom stereocenters. The number of alkyl halides is 3. The van der Waals surface area contributed by atoms with Crippen molar-refractivity contribution in [2.24, 2.45) is 0 Å². The Morgan fingerprint density at radius 3 is 2.47 bits per heavy atom. The third-order valence-corrected chi connectivity index (χ3v) is 5.27. The predicted octanol–water partition coefficient (Wildman–Crippen LogP) is 5.70. The third-order valence-electron chi connectivity index (χ3n) is 5.27. The Morgan fingerprint density at radius 2 is 1.69 bits per heavy atom. The molecule has 1 heterocycles. The number of hydrogen-bond donors (Lipinski definition) is 3. The number of carbonyl (C=O) groups excluding carboxylic acids is 1. The third kappa shape index (κ3) is 5.00. The number of anilines is 1. The second-order valence-electron chi connectivity index (χ2n) is 7.48. The molecule has 0 bridgehead atoms. The van der Waals surface area contributed by atoms with Crippen molar-refractivity contribution >= 4 is 22.5 Å². The van der Waals surface area contributed by atoms with Gasteiger partial charge in [0.05, 0.1) is 5.56 Å². The van der Waals surface area contributed by atoms with Crippen LogP contribution in [-0.4, -0.2) is 17.4 Å². The second-order valence-corrected chi connectivity index (χ2v) is 7.48. The van der Waals surface area contributed by atoms with E-state index in [4.69, 9.17) is 0 Å². The molecule has 32 heavy (non-hydrogen) atoms. The number of aromatic amines is 1. The Hall–Kier alpha value is -3.58. The predicted molar refractivity (Wildman–Crippen MR) is 119 cm³/mol. The van der Waals surface area contributed by atoms with Crippen LogP contribution in [0.25, 0.3) is 10.9 Å². The Morgan fingerprint density at radius 1 is 0.938 bits per heavy atom.